The highest BCUT2D eigenvalue weighted by Crippen LogP contribution is 2.29. The average Bonchev–Trinajstić information content (AvgIpc) is 2.76. The van der Waals surface area contributed by atoms with Crippen molar-refractivity contribution >= 4 is 11.6 Å². The lowest BCUT2D eigenvalue weighted by Gasteiger charge is -2.05. The van der Waals surface area contributed by atoms with Crippen LogP contribution in [-0.2, 0) is 13.2 Å². The van der Waals surface area contributed by atoms with Crippen molar-refractivity contribution in [2.45, 2.75) is 13.1 Å². The topological polar surface area (TPSA) is 46.9 Å². The van der Waals surface area contributed by atoms with Gasteiger partial charge >= 0.3 is 6.18 Å². The van der Waals surface area contributed by atoms with Crippen LogP contribution in [0.4, 0.5) is 23.2 Å². The minimum atomic E-state index is -4.62. The Labute approximate surface area is 117 Å². The summed E-state index contributed by atoms with van der Waals surface area (Å²) in [6.45, 7) is 1.69. The van der Waals surface area contributed by atoms with E-state index in [2.05, 4.69) is 10.4 Å². The molecule has 1 aromatic heterocycles. The average molecular weight is 301 g/mol. The SMILES string of the molecule is Cc1ccc(F)c(NC(=O)c2cc(C(F)(F)F)n(C)n2)c1. The van der Waals surface area contributed by atoms with Crippen LogP contribution in [-0.4, -0.2) is 15.7 Å². The molecule has 0 aliphatic carbocycles. The molecule has 0 bridgehead atoms. The van der Waals surface area contributed by atoms with Crippen molar-refractivity contribution in [3.8, 4) is 0 Å². The van der Waals surface area contributed by atoms with Crippen molar-refractivity contribution in [3.05, 3.63) is 47.0 Å². The van der Waals surface area contributed by atoms with E-state index in [9.17, 15) is 22.4 Å². The summed E-state index contributed by atoms with van der Waals surface area (Å²) in [5.41, 5.74) is -0.911. The molecule has 0 radical (unpaired) electrons. The van der Waals surface area contributed by atoms with E-state index in [1.807, 2.05) is 0 Å². The normalized spacial score (nSPS) is 11.5. The summed E-state index contributed by atoms with van der Waals surface area (Å²) in [6.07, 6.45) is -4.62. The lowest BCUT2D eigenvalue weighted by molar-refractivity contribution is -0.143. The third-order valence-corrected chi connectivity index (χ3v) is 2.77. The quantitative estimate of drug-likeness (QED) is 0.866. The molecule has 21 heavy (non-hydrogen) atoms. The maximum absolute atomic E-state index is 13.5. The predicted molar refractivity (Wildman–Crippen MR) is 67.3 cm³/mol. The molecule has 4 nitrogen and oxygen atoms in total. The fraction of sp³-hybridized carbons (Fsp3) is 0.231. The second-order valence-corrected chi connectivity index (χ2v) is 4.47. The summed E-state index contributed by atoms with van der Waals surface area (Å²) in [4.78, 5) is 11.8. The Kier molecular flexibility index (Phi) is 3.71. The van der Waals surface area contributed by atoms with Crippen LogP contribution in [0.25, 0.3) is 0 Å². The summed E-state index contributed by atoms with van der Waals surface area (Å²) in [5, 5.41) is 5.69. The number of aromatic nitrogens is 2. The molecule has 1 aromatic carbocycles. The van der Waals surface area contributed by atoms with Gasteiger partial charge in [-0.25, -0.2) is 4.39 Å². The van der Waals surface area contributed by atoms with Crippen molar-refractivity contribution in [1.82, 2.24) is 9.78 Å². The standard InChI is InChI=1S/C13H11F4N3O/c1-7-3-4-8(14)9(5-7)18-12(21)10-6-11(13(15,16)17)20(2)19-10/h3-6H,1-2H3,(H,18,21). The van der Waals surface area contributed by atoms with E-state index >= 15 is 0 Å². The van der Waals surface area contributed by atoms with Crippen molar-refractivity contribution in [1.29, 1.82) is 0 Å². The molecule has 0 atom stereocenters. The van der Waals surface area contributed by atoms with Crippen molar-refractivity contribution in [2.75, 3.05) is 5.32 Å². The van der Waals surface area contributed by atoms with Crippen molar-refractivity contribution in [3.63, 3.8) is 0 Å². The van der Waals surface area contributed by atoms with Gasteiger partial charge in [0, 0.05) is 13.1 Å². The smallest absolute Gasteiger partial charge is 0.318 e. The molecule has 112 valence electrons. The van der Waals surface area contributed by atoms with Gasteiger partial charge in [0.1, 0.15) is 11.5 Å². The summed E-state index contributed by atoms with van der Waals surface area (Å²) < 4.78 is 51.9. The minimum absolute atomic E-state index is 0.112. The number of nitrogens with one attached hydrogen (secondary N) is 1. The first-order valence-electron chi connectivity index (χ1n) is 5.87. The molecular weight excluding hydrogens is 290 g/mol. The van der Waals surface area contributed by atoms with Crippen LogP contribution >= 0.6 is 0 Å². The number of rotatable bonds is 2. The number of anilines is 1. The van der Waals surface area contributed by atoms with E-state index in [4.69, 9.17) is 0 Å². The maximum atomic E-state index is 13.5. The van der Waals surface area contributed by atoms with E-state index < -0.39 is 29.3 Å². The molecule has 2 rings (SSSR count). The van der Waals surface area contributed by atoms with Gasteiger partial charge in [-0.2, -0.15) is 18.3 Å². The van der Waals surface area contributed by atoms with E-state index in [1.54, 1.807) is 6.92 Å². The van der Waals surface area contributed by atoms with Crippen LogP contribution < -0.4 is 5.32 Å². The number of carbonyl (C=O) groups excluding carboxylic acids is 1. The van der Waals surface area contributed by atoms with Gasteiger partial charge in [-0.15, -0.1) is 0 Å². The number of amides is 1. The monoisotopic (exact) mass is 301 g/mol. The number of benzene rings is 1. The van der Waals surface area contributed by atoms with Crippen LogP contribution in [0.1, 0.15) is 21.7 Å². The van der Waals surface area contributed by atoms with Gasteiger partial charge < -0.3 is 5.32 Å². The first-order chi connectivity index (χ1) is 9.68. The molecule has 0 aliphatic heterocycles. The lowest BCUT2D eigenvalue weighted by Crippen LogP contribution is -2.14. The van der Waals surface area contributed by atoms with E-state index in [1.165, 1.54) is 12.1 Å². The second kappa shape index (κ2) is 5.19. The Balaban J connectivity index is 2.27. The Morgan fingerprint density at radius 2 is 1.95 bits per heavy atom. The van der Waals surface area contributed by atoms with Gasteiger partial charge in [0.25, 0.3) is 5.91 Å². The Bertz CT molecular complexity index is 691. The zero-order chi connectivity index (χ0) is 15.8. The Morgan fingerprint density at radius 3 is 2.52 bits per heavy atom. The molecule has 1 amide bonds. The molecule has 0 saturated carbocycles. The first-order valence-corrected chi connectivity index (χ1v) is 5.87. The Hall–Kier alpha value is -2.38. The number of nitrogens with zero attached hydrogens (tertiary/aromatic N) is 2. The number of halogens is 4. The van der Waals surface area contributed by atoms with Crippen LogP contribution in [0.3, 0.4) is 0 Å². The van der Waals surface area contributed by atoms with Gasteiger partial charge in [-0.1, -0.05) is 6.07 Å². The number of hydrogen-bond donors (Lipinski definition) is 1. The molecule has 0 saturated heterocycles. The van der Waals surface area contributed by atoms with Crippen LogP contribution in [0.15, 0.2) is 24.3 Å². The summed E-state index contributed by atoms with van der Waals surface area (Å²) >= 11 is 0. The zero-order valence-corrected chi connectivity index (χ0v) is 11.1. The highest BCUT2D eigenvalue weighted by molar-refractivity contribution is 6.03. The summed E-state index contributed by atoms with van der Waals surface area (Å²) in [7, 11) is 1.08. The molecule has 2 aromatic rings. The van der Waals surface area contributed by atoms with Gasteiger partial charge in [0.2, 0.25) is 0 Å². The Morgan fingerprint density at radius 1 is 1.29 bits per heavy atom. The fourth-order valence-corrected chi connectivity index (χ4v) is 1.76. The van der Waals surface area contributed by atoms with Gasteiger partial charge in [-0.3, -0.25) is 9.48 Å². The first kappa shape index (κ1) is 15.0. The largest absolute Gasteiger partial charge is 0.433 e. The molecule has 0 unspecified atom stereocenters. The molecular formula is C13H11F4N3O. The molecule has 0 spiro atoms. The highest BCUT2D eigenvalue weighted by Gasteiger charge is 2.35. The fourth-order valence-electron chi connectivity index (χ4n) is 1.76. The third kappa shape index (κ3) is 3.21. The molecule has 0 fully saturated rings. The van der Waals surface area contributed by atoms with Crippen LogP contribution in [0, 0.1) is 12.7 Å². The van der Waals surface area contributed by atoms with Crippen molar-refractivity contribution < 1.29 is 22.4 Å². The predicted octanol–water partition coefficient (Wildman–Crippen LogP) is 3.14. The van der Waals surface area contributed by atoms with Crippen LogP contribution in [0.2, 0.25) is 0 Å². The summed E-state index contributed by atoms with van der Waals surface area (Å²) in [5.74, 6) is -1.59. The molecule has 1 N–H and O–H groups in total. The summed E-state index contributed by atoms with van der Waals surface area (Å²) in [6, 6.07) is 4.65. The van der Waals surface area contributed by atoms with Gasteiger partial charge in [0.05, 0.1) is 5.69 Å². The minimum Gasteiger partial charge on any atom is -0.318 e. The van der Waals surface area contributed by atoms with Crippen LogP contribution in [0.5, 0.6) is 0 Å². The van der Waals surface area contributed by atoms with E-state index in [0.717, 1.165) is 13.1 Å². The molecule has 0 aliphatic rings. The zero-order valence-electron chi connectivity index (χ0n) is 11.1. The highest BCUT2D eigenvalue weighted by atomic mass is 19.4. The number of carbonyl (C=O) groups is 1. The lowest BCUT2D eigenvalue weighted by atomic mass is 10.2. The van der Waals surface area contributed by atoms with E-state index in [0.29, 0.717) is 16.3 Å². The maximum Gasteiger partial charge on any atom is 0.433 e. The molecule has 1 heterocycles. The number of hydrogen-bond acceptors (Lipinski definition) is 2. The van der Waals surface area contributed by atoms with E-state index in [-0.39, 0.29) is 5.69 Å². The van der Waals surface area contributed by atoms with Gasteiger partial charge in [0.15, 0.2) is 5.69 Å². The number of alkyl halides is 3. The van der Waals surface area contributed by atoms with Gasteiger partial charge in [-0.05, 0) is 24.6 Å². The third-order valence-electron chi connectivity index (χ3n) is 2.77. The molecule has 8 heteroatoms. The number of aryl methyl sites for hydroxylation is 2. The van der Waals surface area contributed by atoms with Crippen molar-refractivity contribution in [2.24, 2.45) is 7.05 Å². The second-order valence-electron chi connectivity index (χ2n) is 4.47.